The van der Waals surface area contributed by atoms with Crippen molar-refractivity contribution in [3.8, 4) is 5.75 Å². The summed E-state index contributed by atoms with van der Waals surface area (Å²) in [4.78, 5) is 13.8. The average Bonchev–Trinajstić information content (AvgIpc) is 2.45. The number of hydrogen-bond donors (Lipinski definition) is 0. The van der Waals surface area contributed by atoms with Crippen LogP contribution in [0, 0.1) is 9.49 Å². The second-order valence-corrected chi connectivity index (χ2v) is 8.45. The van der Waals surface area contributed by atoms with Crippen LogP contribution in [0.1, 0.15) is 33.6 Å². The highest BCUT2D eigenvalue weighted by atomic mass is 127. The van der Waals surface area contributed by atoms with Gasteiger partial charge < -0.3 is 14.4 Å². The molecule has 1 saturated heterocycles. The molecule has 1 aromatic rings. The van der Waals surface area contributed by atoms with Gasteiger partial charge >= 0.3 is 6.09 Å². The van der Waals surface area contributed by atoms with Gasteiger partial charge in [0.15, 0.2) is 0 Å². The maximum atomic E-state index is 12.0. The fourth-order valence-corrected chi connectivity index (χ4v) is 3.32. The Kier molecular flexibility index (Phi) is 6.42. The smallest absolute Gasteiger partial charge is 0.410 e. The van der Waals surface area contributed by atoms with Crippen LogP contribution in [0.4, 0.5) is 4.79 Å². The van der Waals surface area contributed by atoms with Gasteiger partial charge in [0.1, 0.15) is 11.4 Å². The maximum absolute atomic E-state index is 12.0. The van der Waals surface area contributed by atoms with Crippen LogP contribution in [0.3, 0.4) is 0 Å². The Morgan fingerprint density at radius 2 is 2.00 bits per heavy atom. The van der Waals surface area contributed by atoms with Gasteiger partial charge in [0.2, 0.25) is 0 Å². The first-order chi connectivity index (χ1) is 10.7. The van der Waals surface area contributed by atoms with E-state index in [-0.39, 0.29) is 6.09 Å². The standard InChI is InChI=1S/C17H23ClINO3/c1-17(2,3)23-16(21)20-8-6-12(7-9-20)11-22-15-5-4-13(19)10-14(15)18/h4-5,10,12H,6-9,11H2,1-3H3. The highest BCUT2D eigenvalue weighted by Crippen LogP contribution is 2.28. The normalized spacial score (nSPS) is 16.3. The van der Waals surface area contributed by atoms with Crippen LogP contribution < -0.4 is 4.74 Å². The van der Waals surface area contributed by atoms with Crippen LogP contribution in [0.25, 0.3) is 0 Å². The topological polar surface area (TPSA) is 38.8 Å². The van der Waals surface area contributed by atoms with E-state index in [0.29, 0.717) is 30.6 Å². The number of halogens is 2. The van der Waals surface area contributed by atoms with Gasteiger partial charge in [0.25, 0.3) is 0 Å². The number of likely N-dealkylation sites (tertiary alicyclic amines) is 1. The molecular formula is C17H23ClINO3. The summed E-state index contributed by atoms with van der Waals surface area (Å²) in [5, 5.41) is 0.642. The minimum atomic E-state index is -0.446. The molecule has 4 nitrogen and oxygen atoms in total. The highest BCUT2D eigenvalue weighted by molar-refractivity contribution is 14.1. The van der Waals surface area contributed by atoms with Crippen LogP contribution in [-0.4, -0.2) is 36.3 Å². The molecule has 1 fully saturated rings. The minimum absolute atomic E-state index is 0.224. The van der Waals surface area contributed by atoms with Crippen LogP contribution in [0.5, 0.6) is 5.75 Å². The van der Waals surface area contributed by atoms with Gasteiger partial charge in [-0.2, -0.15) is 0 Å². The molecule has 2 rings (SSSR count). The van der Waals surface area contributed by atoms with Crippen molar-refractivity contribution in [3.05, 3.63) is 26.8 Å². The van der Waals surface area contributed by atoms with Crippen LogP contribution in [0.2, 0.25) is 5.02 Å². The fourth-order valence-electron chi connectivity index (χ4n) is 2.41. The van der Waals surface area contributed by atoms with E-state index in [1.165, 1.54) is 0 Å². The van der Waals surface area contributed by atoms with Gasteiger partial charge in [0.05, 0.1) is 11.6 Å². The average molecular weight is 452 g/mol. The summed E-state index contributed by atoms with van der Waals surface area (Å²) in [5.74, 6) is 1.16. The first kappa shape index (κ1) is 18.6. The van der Waals surface area contributed by atoms with E-state index >= 15 is 0 Å². The molecule has 0 aromatic heterocycles. The zero-order valence-electron chi connectivity index (χ0n) is 13.8. The molecule has 0 atom stereocenters. The van der Waals surface area contributed by atoms with Crippen molar-refractivity contribution >= 4 is 40.3 Å². The molecule has 23 heavy (non-hydrogen) atoms. The predicted octanol–water partition coefficient (Wildman–Crippen LogP) is 4.97. The quantitative estimate of drug-likeness (QED) is 0.609. The number of carbonyl (C=O) groups excluding carboxylic acids is 1. The Balaban J connectivity index is 1.77. The van der Waals surface area contributed by atoms with Crippen molar-refractivity contribution in [2.45, 2.75) is 39.2 Å². The second kappa shape index (κ2) is 7.92. The third-order valence-corrected chi connectivity index (χ3v) is 4.60. The Morgan fingerprint density at radius 3 is 2.57 bits per heavy atom. The molecule has 1 aromatic carbocycles. The lowest BCUT2D eigenvalue weighted by atomic mass is 9.98. The zero-order valence-corrected chi connectivity index (χ0v) is 16.7. The summed E-state index contributed by atoms with van der Waals surface area (Å²) in [7, 11) is 0. The molecule has 0 spiro atoms. The van der Waals surface area contributed by atoms with Gasteiger partial charge in [-0.15, -0.1) is 0 Å². The number of benzene rings is 1. The molecule has 1 aliphatic heterocycles. The monoisotopic (exact) mass is 451 g/mol. The third kappa shape index (κ3) is 6.03. The Bertz CT molecular complexity index is 551. The fraction of sp³-hybridized carbons (Fsp3) is 0.588. The second-order valence-electron chi connectivity index (χ2n) is 6.80. The molecule has 0 saturated carbocycles. The molecule has 128 valence electrons. The van der Waals surface area contributed by atoms with Gasteiger partial charge in [-0.3, -0.25) is 0 Å². The van der Waals surface area contributed by atoms with Gasteiger partial charge in [0, 0.05) is 16.7 Å². The van der Waals surface area contributed by atoms with Crippen molar-refractivity contribution in [2.24, 2.45) is 5.92 Å². The van der Waals surface area contributed by atoms with Crippen molar-refractivity contribution in [3.63, 3.8) is 0 Å². The molecule has 1 heterocycles. The summed E-state index contributed by atoms with van der Waals surface area (Å²) < 4.78 is 12.3. The Labute approximate surface area is 156 Å². The van der Waals surface area contributed by atoms with Crippen molar-refractivity contribution in [1.82, 2.24) is 4.90 Å². The molecule has 0 N–H and O–H groups in total. The number of rotatable bonds is 3. The number of nitrogens with zero attached hydrogens (tertiary/aromatic N) is 1. The molecule has 0 bridgehead atoms. The van der Waals surface area contributed by atoms with E-state index in [0.717, 1.165) is 22.2 Å². The van der Waals surface area contributed by atoms with Gasteiger partial charge in [-0.05, 0) is 80.3 Å². The third-order valence-electron chi connectivity index (χ3n) is 3.63. The molecule has 6 heteroatoms. The Morgan fingerprint density at radius 1 is 1.35 bits per heavy atom. The SMILES string of the molecule is CC(C)(C)OC(=O)N1CCC(COc2ccc(I)cc2Cl)CC1. The van der Waals surface area contributed by atoms with E-state index in [9.17, 15) is 4.79 Å². The summed E-state index contributed by atoms with van der Waals surface area (Å²) in [6.07, 6.45) is 1.61. The van der Waals surface area contributed by atoms with Crippen molar-refractivity contribution in [1.29, 1.82) is 0 Å². The number of ether oxygens (including phenoxy) is 2. The number of hydrogen-bond acceptors (Lipinski definition) is 3. The van der Waals surface area contributed by atoms with Crippen molar-refractivity contribution in [2.75, 3.05) is 19.7 Å². The largest absolute Gasteiger partial charge is 0.492 e. The predicted molar refractivity (Wildman–Crippen MR) is 100 cm³/mol. The molecule has 1 aliphatic rings. The lowest BCUT2D eigenvalue weighted by Gasteiger charge is -2.33. The van der Waals surface area contributed by atoms with Crippen LogP contribution in [-0.2, 0) is 4.74 Å². The summed E-state index contributed by atoms with van der Waals surface area (Å²) >= 11 is 8.40. The van der Waals surface area contributed by atoms with E-state index in [1.54, 1.807) is 4.90 Å². The first-order valence-electron chi connectivity index (χ1n) is 7.80. The molecule has 0 radical (unpaired) electrons. The maximum Gasteiger partial charge on any atom is 0.410 e. The van der Waals surface area contributed by atoms with Gasteiger partial charge in [-0.25, -0.2) is 4.79 Å². The minimum Gasteiger partial charge on any atom is -0.492 e. The zero-order chi connectivity index (χ0) is 17.0. The van der Waals surface area contributed by atoms with Gasteiger partial charge in [-0.1, -0.05) is 11.6 Å². The van der Waals surface area contributed by atoms with E-state index in [2.05, 4.69) is 22.6 Å². The summed E-state index contributed by atoms with van der Waals surface area (Å²) in [6, 6.07) is 5.77. The molecule has 0 unspecified atom stereocenters. The Hall–Kier alpha value is -0.690. The highest BCUT2D eigenvalue weighted by Gasteiger charge is 2.27. The van der Waals surface area contributed by atoms with Crippen molar-refractivity contribution < 1.29 is 14.3 Å². The summed E-state index contributed by atoms with van der Waals surface area (Å²) in [6.45, 7) is 7.71. The molecule has 1 amide bonds. The molecular weight excluding hydrogens is 429 g/mol. The number of piperidine rings is 1. The van der Waals surface area contributed by atoms with Crippen LogP contribution >= 0.6 is 34.2 Å². The summed E-state index contributed by atoms with van der Waals surface area (Å²) in [5.41, 5.74) is -0.446. The lowest BCUT2D eigenvalue weighted by Crippen LogP contribution is -2.42. The lowest BCUT2D eigenvalue weighted by molar-refractivity contribution is 0.0165. The van der Waals surface area contributed by atoms with E-state index in [4.69, 9.17) is 21.1 Å². The van der Waals surface area contributed by atoms with E-state index < -0.39 is 5.60 Å². The molecule has 0 aliphatic carbocycles. The number of carbonyl (C=O) groups is 1. The number of amides is 1. The van der Waals surface area contributed by atoms with E-state index in [1.807, 2.05) is 39.0 Å². The first-order valence-corrected chi connectivity index (χ1v) is 9.26. The van der Waals surface area contributed by atoms with Crippen LogP contribution in [0.15, 0.2) is 18.2 Å².